The van der Waals surface area contributed by atoms with Gasteiger partial charge in [-0.3, -0.25) is 4.79 Å². The molecule has 0 radical (unpaired) electrons. The molecule has 1 aromatic rings. The number of rotatable bonds is 9. The van der Waals surface area contributed by atoms with Crippen molar-refractivity contribution in [1.82, 2.24) is 0 Å². The normalized spacial score (nSPS) is 10.1. The van der Waals surface area contributed by atoms with Crippen molar-refractivity contribution in [2.45, 2.75) is 19.3 Å². The van der Waals surface area contributed by atoms with Crippen LogP contribution in [0.25, 0.3) is 0 Å². The number of ether oxygens (including phenoxy) is 2. The number of anilines is 1. The lowest BCUT2D eigenvalue weighted by molar-refractivity contribution is -0.144. The Hall–Kier alpha value is -1.55. The van der Waals surface area contributed by atoms with Crippen LogP contribution in [0.3, 0.4) is 0 Å². The minimum absolute atomic E-state index is 0.138. The third-order valence-electron chi connectivity index (χ3n) is 2.42. The van der Waals surface area contributed by atoms with E-state index in [9.17, 15) is 4.79 Å². The van der Waals surface area contributed by atoms with E-state index in [0.29, 0.717) is 19.6 Å². The van der Waals surface area contributed by atoms with E-state index in [-0.39, 0.29) is 5.97 Å². The summed E-state index contributed by atoms with van der Waals surface area (Å²) in [6.07, 6.45) is 1.98. The summed E-state index contributed by atoms with van der Waals surface area (Å²) < 4.78 is 9.92. The summed E-state index contributed by atoms with van der Waals surface area (Å²) in [5.74, 6) is -0.138. The Morgan fingerprint density at radius 1 is 1.17 bits per heavy atom. The highest BCUT2D eigenvalue weighted by molar-refractivity contribution is 5.69. The number of carbonyl (C=O) groups excluding carboxylic acids is 1. The van der Waals surface area contributed by atoms with Gasteiger partial charge in [0.25, 0.3) is 0 Å². The Labute approximate surface area is 108 Å². The maximum atomic E-state index is 11.3. The Kier molecular flexibility index (Phi) is 7.64. The van der Waals surface area contributed by atoms with Crippen molar-refractivity contribution in [1.29, 1.82) is 0 Å². The van der Waals surface area contributed by atoms with Crippen LogP contribution in [0.2, 0.25) is 0 Å². The summed E-state index contributed by atoms with van der Waals surface area (Å²) in [7, 11) is 1.64. The van der Waals surface area contributed by atoms with E-state index in [1.807, 2.05) is 30.3 Å². The van der Waals surface area contributed by atoms with Gasteiger partial charge in [0.1, 0.15) is 0 Å². The number of esters is 1. The summed E-state index contributed by atoms with van der Waals surface area (Å²) in [5.41, 5.74) is 1.07. The molecule has 0 saturated carbocycles. The van der Waals surface area contributed by atoms with Crippen LogP contribution in [-0.4, -0.2) is 32.8 Å². The zero-order valence-electron chi connectivity index (χ0n) is 10.9. The third kappa shape index (κ3) is 6.91. The smallest absolute Gasteiger partial charge is 0.305 e. The van der Waals surface area contributed by atoms with Crippen LogP contribution >= 0.6 is 0 Å². The first-order chi connectivity index (χ1) is 8.83. The second-order valence-electron chi connectivity index (χ2n) is 3.96. The molecule has 18 heavy (non-hydrogen) atoms. The number of hydrogen-bond donors (Lipinski definition) is 1. The summed E-state index contributed by atoms with van der Waals surface area (Å²) in [6, 6.07) is 9.94. The van der Waals surface area contributed by atoms with E-state index in [1.165, 1.54) is 0 Å². The monoisotopic (exact) mass is 251 g/mol. The molecule has 0 bridgehead atoms. The van der Waals surface area contributed by atoms with E-state index in [1.54, 1.807) is 7.11 Å². The molecule has 100 valence electrons. The molecule has 0 heterocycles. The number of carbonyl (C=O) groups is 1. The number of para-hydroxylation sites is 1. The molecule has 0 aliphatic rings. The van der Waals surface area contributed by atoms with Crippen LogP contribution in [0.15, 0.2) is 30.3 Å². The van der Waals surface area contributed by atoms with E-state index in [4.69, 9.17) is 9.47 Å². The van der Waals surface area contributed by atoms with Crippen LogP contribution in [0.1, 0.15) is 19.3 Å². The molecule has 0 saturated heterocycles. The van der Waals surface area contributed by atoms with Gasteiger partial charge in [0, 0.05) is 38.8 Å². The first kappa shape index (κ1) is 14.5. The van der Waals surface area contributed by atoms with Crippen molar-refractivity contribution in [2.75, 3.05) is 32.2 Å². The first-order valence-corrected chi connectivity index (χ1v) is 6.26. The zero-order chi connectivity index (χ0) is 13.1. The van der Waals surface area contributed by atoms with Gasteiger partial charge in [-0.05, 0) is 18.6 Å². The molecule has 4 nitrogen and oxygen atoms in total. The Morgan fingerprint density at radius 3 is 2.67 bits per heavy atom. The molecule has 0 fully saturated rings. The van der Waals surface area contributed by atoms with Gasteiger partial charge < -0.3 is 14.8 Å². The Balaban J connectivity index is 1.99. The van der Waals surface area contributed by atoms with E-state index < -0.39 is 0 Å². The maximum Gasteiger partial charge on any atom is 0.305 e. The molecule has 0 spiro atoms. The van der Waals surface area contributed by atoms with Crippen LogP contribution in [0.4, 0.5) is 5.69 Å². The molecule has 0 aliphatic carbocycles. The highest BCUT2D eigenvalue weighted by Crippen LogP contribution is 2.05. The summed E-state index contributed by atoms with van der Waals surface area (Å²) in [6.45, 7) is 1.85. The summed E-state index contributed by atoms with van der Waals surface area (Å²) in [4.78, 5) is 11.3. The molecule has 0 amide bonds. The van der Waals surface area contributed by atoms with Crippen molar-refractivity contribution < 1.29 is 14.3 Å². The highest BCUT2D eigenvalue weighted by Gasteiger charge is 2.01. The lowest BCUT2D eigenvalue weighted by Crippen LogP contribution is -2.10. The third-order valence-corrected chi connectivity index (χ3v) is 2.42. The molecule has 1 rings (SSSR count). The summed E-state index contributed by atoms with van der Waals surface area (Å²) >= 11 is 0. The molecule has 0 aliphatic heterocycles. The quantitative estimate of drug-likeness (QED) is 0.541. The molecular formula is C14H21NO3. The lowest BCUT2D eigenvalue weighted by Gasteiger charge is -2.06. The van der Waals surface area contributed by atoms with Crippen LogP contribution in [-0.2, 0) is 14.3 Å². The predicted octanol–water partition coefficient (Wildman–Crippen LogP) is 2.46. The standard InChI is InChI=1S/C14H21NO3/c1-17-11-6-12-18-14(16)9-5-10-15-13-7-3-2-4-8-13/h2-4,7-8,15H,5-6,9-12H2,1H3. The van der Waals surface area contributed by atoms with Crippen molar-refractivity contribution in [3.63, 3.8) is 0 Å². The fourth-order valence-electron chi connectivity index (χ4n) is 1.48. The molecule has 0 atom stereocenters. The van der Waals surface area contributed by atoms with Crippen molar-refractivity contribution in [2.24, 2.45) is 0 Å². The van der Waals surface area contributed by atoms with Gasteiger partial charge in [0.15, 0.2) is 0 Å². The van der Waals surface area contributed by atoms with Gasteiger partial charge in [-0.25, -0.2) is 0 Å². The zero-order valence-corrected chi connectivity index (χ0v) is 10.9. The van der Waals surface area contributed by atoms with Gasteiger partial charge in [0.2, 0.25) is 0 Å². The fourth-order valence-corrected chi connectivity index (χ4v) is 1.48. The average Bonchev–Trinajstić information content (AvgIpc) is 2.41. The molecule has 0 aromatic heterocycles. The van der Waals surface area contributed by atoms with E-state index in [0.717, 1.165) is 25.1 Å². The van der Waals surface area contributed by atoms with Crippen molar-refractivity contribution in [3.05, 3.63) is 30.3 Å². The first-order valence-electron chi connectivity index (χ1n) is 6.26. The average molecular weight is 251 g/mol. The minimum atomic E-state index is -0.138. The molecule has 1 N–H and O–H groups in total. The van der Waals surface area contributed by atoms with Crippen LogP contribution < -0.4 is 5.32 Å². The SMILES string of the molecule is COCCCOC(=O)CCCNc1ccccc1. The summed E-state index contributed by atoms with van der Waals surface area (Å²) in [5, 5.41) is 3.25. The van der Waals surface area contributed by atoms with E-state index >= 15 is 0 Å². The van der Waals surface area contributed by atoms with E-state index in [2.05, 4.69) is 5.32 Å². The Bertz CT molecular complexity index is 327. The molecular weight excluding hydrogens is 230 g/mol. The second-order valence-corrected chi connectivity index (χ2v) is 3.96. The number of methoxy groups -OCH3 is 1. The molecule has 0 unspecified atom stereocenters. The van der Waals surface area contributed by atoms with Gasteiger partial charge >= 0.3 is 5.97 Å². The van der Waals surface area contributed by atoms with Crippen LogP contribution in [0.5, 0.6) is 0 Å². The molecule has 1 aromatic carbocycles. The van der Waals surface area contributed by atoms with Gasteiger partial charge in [-0.15, -0.1) is 0 Å². The number of hydrogen-bond acceptors (Lipinski definition) is 4. The fraction of sp³-hybridized carbons (Fsp3) is 0.500. The van der Waals surface area contributed by atoms with Crippen molar-refractivity contribution in [3.8, 4) is 0 Å². The maximum absolute atomic E-state index is 11.3. The topological polar surface area (TPSA) is 47.6 Å². The number of nitrogens with one attached hydrogen (secondary N) is 1. The van der Waals surface area contributed by atoms with Gasteiger partial charge in [-0.1, -0.05) is 18.2 Å². The second kappa shape index (κ2) is 9.48. The van der Waals surface area contributed by atoms with Crippen LogP contribution in [0, 0.1) is 0 Å². The van der Waals surface area contributed by atoms with Gasteiger partial charge in [0.05, 0.1) is 6.61 Å². The number of benzene rings is 1. The minimum Gasteiger partial charge on any atom is -0.466 e. The van der Waals surface area contributed by atoms with Gasteiger partial charge in [-0.2, -0.15) is 0 Å². The molecule has 4 heteroatoms. The van der Waals surface area contributed by atoms with Crippen molar-refractivity contribution >= 4 is 11.7 Å². The highest BCUT2D eigenvalue weighted by atomic mass is 16.5. The predicted molar refractivity (Wildman–Crippen MR) is 71.6 cm³/mol. The largest absolute Gasteiger partial charge is 0.466 e. The lowest BCUT2D eigenvalue weighted by atomic mass is 10.3. The Morgan fingerprint density at radius 2 is 1.94 bits per heavy atom.